The molecule has 2 rings (SSSR count). The molecule has 0 saturated carbocycles. The molecule has 1 amide bonds. The first kappa shape index (κ1) is 14.0. The van der Waals surface area contributed by atoms with Crippen molar-refractivity contribution in [1.82, 2.24) is 10.3 Å². The zero-order chi connectivity index (χ0) is 14.0. The van der Waals surface area contributed by atoms with Crippen LogP contribution >= 0.6 is 0 Å². The van der Waals surface area contributed by atoms with Crippen LogP contribution in [-0.4, -0.2) is 36.1 Å². The van der Waals surface area contributed by atoms with Gasteiger partial charge in [-0.15, -0.1) is 0 Å². The number of ether oxygens (including phenoxy) is 1. The zero-order valence-electron chi connectivity index (χ0n) is 11.7. The molecule has 6 nitrogen and oxygen atoms in total. The van der Waals surface area contributed by atoms with Crippen molar-refractivity contribution in [1.29, 1.82) is 0 Å². The molecule has 6 heteroatoms. The number of nitrogen functional groups attached to an aromatic ring is 1. The van der Waals surface area contributed by atoms with Gasteiger partial charge in [-0.05, 0) is 26.8 Å². The summed E-state index contributed by atoms with van der Waals surface area (Å²) in [6.07, 6.45) is 0. The lowest BCUT2D eigenvalue weighted by Crippen LogP contribution is -2.47. The molecule has 0 aliphatic carbocycles. The molecule has 1 saturated heterocycles. The summed E-state index contributed by atoms with van der Waals surface area (Å²) >= 11 is 0. The van der Waals surface area contributed by atoms with E-state index in [0.29, 0.717) is 13.2 Å². The summed E-state index contributed by atoms with van der Waals surface area (Å²) in [6, 6.07) is 1.88. The van der Waals surface area contributed by atoms with Crippen LogP contribution in [0.1, 0.15) is 35.7 Å². The van der Waals surface area contributed by atoms with E-state index >= 15 is 0 Å². The highest BCUT2D eigenvalue weighted by Crippen LogP contribution is 2.21. The second kappa shape index (κ2) is 5.32. The van der Waals surface area contributed by atoms with Gasteiger partial charge in [-0.3, -0.25) is 15.1 Å². The molecule has 1 aliphatic rings. The van der Waals surface area contributed by atoms with Gasteiger partial charge in [0, 0.05) is 18.7 Å². The number of hydrazine groups is 1. The summed E-state index contributed by atoms with van der Waals surface area (Å²) in [7, 11) is 0. The van der Waals surface area contributed by atoms with Crippen molar-refractivity contribution in [2.24, 2.45) is 5.84 Å². The Morgan fingerprint density at radius 1 is 1.58 bits per heavy atom. The minimum atomic E-state index is -0.397. The number of carbonyl (C=O) groups excluding carboxylic acids is 1. The number of carbonyl (C=O) groups is 1. The molecular formula is C13H21N3O3. The number of morpholine rings is 1. The number of rotatable bonds is 3. The lowest BCUT2D eigenvalue weighted by Gasteiger charge is -2.37. The third kappa shape index (κ3) is 3.34. The van der Waals surface area contributed by atoms with Crippen LogP contribution in [-0.2, 0) is 11.3 Å². The molecule has 0 aromatic carbocycles. The first-order valence-electron chi connectivity index (χ1n) is 6.38. The first-order chi connectivity index (χ1) is 8.91. The van der Waals surface area contributed by atoms with E-state index in [4.69, 9.17) is 15.0 Å². The minimum absolute atomic E-state index is 0.142. The van der Waals surface area contributed by atoms with E-state index in [1.54, 1.807) is 0 Å². The Kier molecular flexibility index (Phi) is 3.93. The maximum absolute atomic E-state index is 11.5. The van der Waals surface area contributed by atoms with E-state index in [0.717, 1.165) is 24.4 Å². The Hall–Kier alpha value is -1.37. The third-order valence-corrected chi connectivity index (χ3v) is 3.19. The molecule has 19 heavy (non-hydrogen) atoms. The summed E-state index contributed by atoms with van der Waals surface area (Å²) in [5.74, 6) is 5.77. The third-order valence-electron chi connectivity index (χ3n) is 3.19. The minimum Gasteiger partial charge on any atom is -0.454 e. The molecule has 2 heterocycles. The Labute approximate surface area is 112 Å². The average molecular weight is 267 g/mol. The molecule has 0 radical (unpaired) electrons. The summed E-state index contributed by atoms with van der Waals surface area (Å²) < 4.78 is 11.2. The maximum Gasteiger partial charge on any atom is 0.301 e. The van der Waals surface area contributed by atoms with Gasteiger partial charge in [0.05, 0.1) is 18.8 Å². The molecule has 1 fully saturated rings. The second-order valence-electron chi connectivity index (χ2n) is 5.52. The van der Waals surface area contributed by atoms with Gasteiger partial charge in [0.1, 0.15) is 5.76 Å². The SMILES string of the molecule is Cc1cc(CN2CCOC(C)(C)C2)oc1C(=O)NN. The zero-order valence-corrected chi connectivity index (χ0v) is 11.7. The van der Waals surface area contributed by atoms with E-state index in [1.807, 2.05) is 13.0 Å². The maximum atomic E-state index is 11.5. The van der Waals surface area contributed by atoms with Gasteiger partial charge in [0.15, 0.2) is 5.76 Å². The summed E-state index contributed by atoms with van der Waals surface area (Å²) in [5, 5.41) is 0. The van der Waals surface area contributed by atoms with E-state index in [-0.39, 0.29) is 11.4 Å². The lowest BCUT2D eigenvalue weighted by molar-refractivity contribution is -0.0894. The quantitative estimate of drug-likeness (QED) is 0.481. The van der Waals surface area contributed by atoms with Crippen LogP contribution in [0, 0.1) is 6.92 Å². The van der Waals surface area contributed by atoms with E-state index in [2.05, 4.69) is 24.2 Å². The molecule has 106 valence electrons. The van der Waals surface area contributed by atoms with E-state index in [1.165, 1.54) is 0 Å². The van der Waals surface area contributed by atoms with Crippen LogP contribution in [0.3, 0.4) is 0 Å². The first-order valence-corrected chi connectivity index (χ1v) is 6.38. The van der Waals surface area contributed by atoms with Crippen molar-refractivity contribution in [3.8, 4) is 0 Å². The van der Waals surface area contributed by atoms with Crippen molar-refractivity contribution in [3.63, 3.8) is 0 Å². The molecule has 0 bridgehead atoms. The summed E-state index contributed by atoms with van der Waals surface area (Å²) in [6.45, 7) is 9.06. The number of nitrogens with zero attached hydrogens (tertiary/aromatic N) is 1. The van der Waals surface area contributed by atoms with E-state index in [9.17, 15) is 4.79 Å². The van der Waals surface area contributed by atoms with Crippen LogP contribution in [0.25, 0.3) is 0 Å². The van der Waals surface area contributed by atoms with Crippen molar-refractivity contribution in [3.05, 3.63) is 23.2 Å². The standard InChI is InChI=1S/C13H21N3O3/c1-9-6-10(19-11(9)12(17)15-14)7-16-4-5-18-13(2,3)8-16/h6H,4-5,7-8,14H2,1-3H3,(H,15,17). The Balaban J connectivity index is 2.05. The molecule has 3 N–H and O–H groups in total. The van der Waals surface area contributed by atoms with Gasteiger partial charge >= 0.3 is 5.91 Å². The predicted octanol–water partition coefficient (Wildman–Crippen LogP) is 0.802. The highest BCUT2D eigenvalue weighted by atomic mass is 16.5. The van der Waals surface area contributed by atoms with Gasteiger partial charge in [0.25, 0.3) is 0 Å². The van der Waals surface area contributed by atoms with Crippen LogP contribution in [0.5, 0.6) is 0 Å². The molecular weight excluding hydrogens is 246 g/mol. The van der Waals surface area contributed by atoms with Crippen molar-refractivity contribution < 1.29 is 13.9 Å². The van der Waals surface area contributed by atoms with Crippen LogP contribution in [0.15, 0.2) is 10.5 Å². The average Bonchev–Trinajstić information content (AvgIpc) is 2.68. The van der Waals surface area contributed by atoms with Crippen LogP contribution in [0.4, 0.5) is 0 Å². The van der Waals surface area contributed by atoms with Crippen molar-refractivity contribution in [2.75, 3.05) is 19.7 Å². The highest BCUT2D eigenvalue weighted by molar-refractivity contribution is 5.92. The van der Waals surface area contributed by atoms with Crippen LogP contribution in [0.2, 0.25) is 0 Å². The predicted molar refractivity (Wildman–Crippen MR) is 70.4 cm³/mol. The number of furan rings is 1. The molecule has 0 atom stereocenters. The van der Waals surface area contributed by atoms with Gasteiger partial charge in [0.2, 0.25) is 0 Å². The highest BCUT2D eigenvalue weighted by Gasteiger charge is 2.28. The summed E-state index contributed by atoms with van der Waals surface area (Å²) in [4.78, 5) is 13.7. The van der Waals surface area contributed by atoms with Crippen molar-refractivity contribution in [2.45, 2.75) is 32.9 Å². The monoisotopic (exact) mass is 267 g/mol. The van der Waals surface area contributed by atoms with E-state index < -0.39 is 5.91 Å². The fourth-order valence-corrected chi connectivity index (χ4v) is 2.39. The van der Waals surface area contributed by atoms with Crippen LogP contribution < -0.4 is 11.3 Å². The Bertz CT molecular complexity index is 468. The van der Waals surface area contributed by atoms with Gasteiger partial charge in [-0.1, -0.05) is 0 Å². The summed E-state index contributed by atoms with van der Waals surface area (Å²) in [5.41, 5.74) is 2.74. The van der Waals surface area contributed by atoms with Gasteiger partial charge in [-0.2, -0.15) is 0 Å². The normalized spacial score (nSPS) is 19.4. The second-order valence-corrected chi connectivity index (χ2v) is 5.52. The topological polar surface area (TPSA) is 80.7 Å². The smallest absolute Gasteiger partial charge is 0.301 e. The number of amides is 1. The molecule has 0 unspecified atom stereocenters. The lowest BCUT2D eigenvalue weighted by atomic mass is 10.1. The largest absolute Gasteiger partial charge is 0.454 e. The molecule has 0 spiro atoms. The number of hydrogen-bond donors (Lipinski definition) is 2. The van der Waals surface area contributed by atoms with Crippen molar-refractivity contribution >= 4 is 5.91 Å². The number of hydrogen-bond acceptors (Lipinski definition) is 5. The van der Waals surface area contributed by atoms with Gasteiger partial charge in [-0.25, -0.2) is 5.84 Å². The fraction of sp³-hybridized carbons (Fsp3) is 0.615. The fourth-order valence-electron chi connectivity index (χ4n) is 2.39. The Morgan fingerprint density at radius 3 is 2.95 bits per heavy atom. The molecule has 1 aliphatic heterocycles. The number of aryl methyl sites for hydroxylation is 1. The molecule has 1 aromatic heterocycles. The number of nitrogens with two attached hydrogens (primary N) is 1. The number of nitrogens with one attached hydrogen (secondary N) is 1. The molecule has 1 aromatic rings. The Morgan fingerprint density at radius 2 is 2.32 bits per heavy atom. The van der Waals surface area contributed by atoms with Gasteiger partial charge < -0.3 is 9.15 Å².